The summed E-state index contributed by atoms with van der Waals surface area (Å²) in [6, 6.07) is 0. The molecule has 0 radical (unpaired) electrons. The molecular formula is C5H5F6NO2. The van der Waals surface area contributed by atoms with Crippen LogP contribution in [0.1, 0.15) is 0 Å². The molecule has 0 heterocycles. The maximum absolute atomic E-state index is 12.3. The Morgan fingerprint density at radius 1 is 1.00 bits per heavy atom. The Bertz CT molecular complexity index is 218. The number of nitroso groups, excluding NO2 is 1. The number of nitrogens with zero attached hydrogens (tertiary/aromatic N) is 1. The van der Waals surface area contributed by atoms with Crippen molar-refractivity contribution in [1.29, 1.82) is 0 Å². The van der Waals surface area contributed by atoms with Gasteiger partial charge in [-0.05, 0) is 0 Å². The molecule has 3 nitrogen and oxygen atoms in total. The quantitative estimate of drug-likeness (QED) is 0.571. The van der Waals surface area contributed by atoms with Gasteiger partial charge in [0.2, 0.25) is 0 Å². The maximum Gasteiger partial charge on any atom is 0.376 e. The van der Waals surface area contributed by atoms with Crippen molar-refractivity contribution in [2.45, 2.75) is 17.8 Å². The van der Waals surface area contributed by atoms with Crippen molar-refractivity contribution in [2.24, 2.45) is 5.18 Å². The topological polar surface area (TPSA) is 49.7 Å². The number of halogens is 6. The highest BCUT2D eigenvalue weighted by Crippen LogP contribution is 2.45. The van der Waals surface area contributed by atoms with Gasteiger partial charge in [-0.25, -0.2) is 0 Å². The molecule has 0 aliphatic rings. The molecule has 0 aliphatic carbocycles. The van der Waals surface area contributed by atoms with Gasteiger partial charge in [0, 0.05) is 0 Å². The number of rotatable bonds is 5. The minimum absolute atomic E-state index is 1.43. The summed E-state index contributed by atoms with van der Waals surface area (Å²) in [6.45, 7) is -4.73. The Labute approximate surface area is 73.7 Å². The van der Waals surface area contributed by atoms with E-state index in [9.17, 15) is 31.2 Å². The van der Waals surface area contributed by atoms with E-state index in [1.54, 1.807) is 0 Å². The van der Waals surface area contributed by atoms with E-state index in [0.717, 1.165) is 0 Å². The number of aliphatic hydroxyl groups excluding tert-OH is 1. The van der Waals surface area contributed by atoms with Crippen molar-refractivity contribution < 1.29 is 31.4 Å². The van der Waals surface area contributed by atoms with Crippen molar-refractivity contribution in [1.82, 2.24) is 0 Å². The largest absolute Gasteiger partial charge is 0.390 e. The van der Waals surface area contributed by atoms with Crippen LogP contribution in [0.2, 0.25) is 0 Å². The third-order valence-electron chi connectivity index (χ3n) is 1.38. The van der Waals surface area contributed by atoms with Gasteiger partial charge in [-0.1, -0.05) is 5.18 Å². The third-order valence-corrected chi connectivity index (χ3v) is 1.38. The molecule has 0 aromatic heterocycles. The molecule has 0 aromatic carbocycles. The van der Waals surface area contributed by atoms with Crippen LogP contribution < -0.4 is 0 Å². The Morgan fingerprint density at radius 3 is 1.71 bits per heavy atom. The van der Waals surface area contributed by atoms with Crippen LogP contribution in [-0.2, 0) is 0 Å². The molecule has 0 spiro atoms. The number of hydrogen-bond acceptors (Lipinski definition) is 3. The summed E-state index contributed by atoms with van der Waals surface area (Å²) in [5.41, 5.74) is 0. The van der Waals surface area contributed by atoms with E-state index in [0.29, 0.717) is 0 Å². The van der Waals surface area contributed by atoms with Gasteiger partial charge in [0.1, 0.15) is 6.61 Å². The molecule has 1 N–H and O–H groups in total. The molecule has 0 aromatic rings. The molecule has 0 unspecified atom stereocenters. The monoisotopic (exact) mass is 225 g/mol. The smallest absolute Gasteiger partial charge is 0.376 e. The van der Waals surface area contributed by atoms with Crippen LogP contribution >= 0.6 is 0 Å². The lowest BCUT2D eigenvalue weighted by atomic mass is 10.1. The molecule has 84 valence electrons. The van der Waals surface area contributed by atoms with Crippen molar-refractivity contribution in [3.8, 4) is 0 Å². The fourth-order valence-corrected chi connectivity index (χ4v) is 0.547. The first-order valence-corrected chi connectivity index (χ1v) is 3.16. The van der Waals surface area contributed by atoms with Crippen LogP contribution in [0.3, 0.4) is 0 Å². The van der Waals surface area contributed by atoms with Crippen molar-refractivity contribution in [3.05, 3.63) is 4.91 Å². The summed E-state index contributed by atoms with van der Waals surface area (Å²) in [5, 5.41) is 9.22. The zero-order valence-electron chi connectivity index (χ0n) is 6.48. The number of aliphatic hydroxyl groups is 1. The molecule has 9 heteroatoms. The fraction of sp³-hybridized carbons (Fsp3) is 1.00. The van der Waals surface area contributed by atoms with Crippen molar-refractivity contribution >= 4 is 0 Å². The number of hydrogen-bond donors (Lipinski definition) is 1. The van der Waals surface area contributed by atoms with E-state index in [1.807, 2.05) is 0 Å². The summed E-state index contributed by atoms with van der Waals surface area (Å²) in [6.07, 6.45) is 0. The van der Waals surface area contributed by atoms with E-state index in [4.69, 9.17) is 5.11 Å². The average Bonchev–Trinajstić information content (AvgIpc) is 2.03. The Morgan fingerprint density at radius 2 is 1.43 bits per heavy atom. The van der Waals surface area contributed by atoms with Crippen LogP contribution in [0.5, 0.6) is 0 Å². The van der Waals surface area contributed by atoms with E-state index in [2.05, 4.69) is 0 Å². The van der Waals surface area contributed by atoms with Gasteiger partial charge in [-0.3, -0.25) is 0 Å². The molecule has 0 saturated heterocycles. The van der Waals surface area contributed by atoms with Crippen molar-refractivity contribution in [2.75, 3.05) is 13.2 Å². The minimum atomic E-state index is -5.82. The highest BCUT2D eigenvalue weighted by molar-refractivity contribution is 4.97. The third kappa shape index (κ3) is 1.97. The van der Waals surface area contributed by atoms with Gasteiger partial charge in [0.05, 0.1) is 0 Å². The summed E-state index contributed by atoms with van der Waals surface area (Å²) in [5.74, 6) is -16.4. The summed E-state index contributed by atoms with van der Waals surface area (Å²) in [7, 11) is 0. The van der Waals surface area contributed by atoms with Crippen LogP contribution in [0.4, 0.5) is 26.3 Å². The van der Waals surface area contributed by atoms with Gasteiger partial charge >= 0.3 is 17.8 Å². The molecular weight excluding hydrogens is 220 g/mol. The van der Waals surface area contributed by atoms with Gasteiger partial charge in [-0.2, -0.15) is 31.2 Å². The van der Waals surface area contributed by atoms with E-state index < -0.39 is 30.9 Å². The summed E-state index contributed by atoms with van der Waals surface area (Å²) >= 11 is 0. The molecule has 0 saturated carbocycles. The second-order valence-corrected chi connectivity index (χ2v) is 2.43. The SMILES string of the molecule is O=NCC(F)(F)C(F)(F)C(F)(F)CO. The second-order valence-electron chi connectivity index (χ2n) is 2.43. The number of alkyl halides is 6. The van der Waals surface area contributed by atoms with Gasteiger partial charge in [0.25, 0.3) is 0 Å². The molecule has 0 bridgehead atoms. The van der Waals surface area contributed by atoms with Crippen LogP contribution in [0.25, 0.3) is 0 Å². The van der Waals surface area contributed by atoms with E-state index >= 15 is 0 Å². The Hall–Kier alpha value is -0.860. The lowest BCUT2D eigenvalue weighted by Gasteiger charge is -2.30. The zero-order valence-corrected chi connectivity index (χ0v) is 6.48. The molecule has 0 fully saturated rings. The molecule has 0 atom stereocenters. The Balaban J connectivity index is 5.01. The molecule has 0 amide bonds. The van der Waals surface area contributed by atoms with Gasteiger partial charge in [-0.15, -0.1) is 0 Å². The fourth-order valence-electron chi connectivity index (χ4n) is 0.547. The van der Waals surface area contributed by atoms with E-state index in [-0.39, 0.29) is 0 Å². The lowest BCUT2D eigenvalue weighted by Crippen LogP contribution is -2.57. The Kier molecular flexibility index (Phi) is 3.49. The van der Waals surface area contributed by atoms with Crippen LogP contribution in [0.15, 0.2) is 5.18 Å². The zero-order chi connectivity index (χ0) is 11.6. The van der Waals surface area contributed by atoms with Crippen LogP contribution in [-0.4, -0.2) is 36.0 Å². The highest BCUT2D eigenvalue weighted by atomic mass is 19.3. The van der Waals surface area contributed by atoms with Gasteiger partial charge in [0.15, 0.2) is 6.54 Å². The normalized spacial score (nSPS) is 14.2. The average molecular weight is 225 g/mol. The predicted molar refractivity (Wildman–Crippen MR) is 32.6 cm³/mol. The van der Waals surface area contributed by atoms with Crippen LogP contribution in [0, 0.1) is 4.91 Å². The molecule has 0 aliphatic heterocycles. The first kappa shape index (κ1) is 13.1. The van der Waals surface area contributed by atoms with Crippen molar-refractivity contribution in [3.63, 3.8) is 0 Å². The van der Waals surface area contributed by atoms with E-state index in [1.165, 1.54) is 5.18 Å². The molecule has 0 rings (SSSR count). The lowest BCUT2D eigenvalue weighted by molar-refractivity contribution is -0.312. The summed E-state index contributed by atoms with van der Waals surface area (Å²) in [4.78, 5) is 9.31. The summed E-state index contributed by atoms with van der Waals surface area (Å²) < 4.78 is 73.4. The first-order chi connectivity index (χ1) is 6.12. The highest BCUT2D eigenvalue weighted by Gasteiger charge is 2.71. The maximum atomic E-state index is 12.3. The second kappa shape index (κ2) is 3.71. The molecule has 14 heavy (non-hydrogen) atoms. The van der Waals surface area contributed by atoms with Gasteiger partial charge < -0.3 is 5.11 Å². The predicted octanol–water partition coefficient (Wildman–Crippen LogP) is 1.65. The minimum Gasteiger partial charge on any atom is -0.390 e. The first-order valence-electron chi connectivity index (χ1n) is 3.16. The standard InChI is InChI=1S/C5H5F6NO2/c6-3(7,1-12-14)5(10,11)4(8,9)2-13/h13H,1-2H2.